The average molecular weight is 2050 g/mol. The van der Waals surface area contributed by atoms with Gasteiger partial charge < -0.3 is 81.9 Å². The van der Waals surface area contributed by atoms with Crippen LogP contribution in [0.3, 0.4) is 0 Å². The number of carbonyl (C=O) groups excluding carboxylic acids is 9. The maximum atomic E-state index is 13.8. The van der Waals surface area contributed by atoms with E-state index in [4.69, 9.17) is 79.5 Å². The summed E-state index contributed by atoms with van der Waals surface area (Å²) in [6, 6.07) is 31.7. The number of hydrogen-bond acceptors (Lipinski definition) is 28. The Morgan fingerprint density at radius 3 is 1.28 bits per heavy atom. The molecule has 3 aliphatic heterocycles. The van der Waals surface area contributed by atoms with Gasteiger partial charge in [0.2, 0.25) is 29.3 Å². The number of benzene rings is 4. The third-order valence-corrected chi connectivity index (χ3v) is 27.4. The fraction of sp³-hybridized carbons (Fsp3) is 0.467. The highest BCUT2D eigenvalue weighted by Gasteiger charge is 2.44. The van der Waals surface area contributed by atoms with Crippen molar-refractivity contribution >= 4 is 106 Å². The molecule has 11 heterocycles. The van der Waals surface area contributed by atoms with Crippen molar-refractivity contribution in [1.82, 2.24) is 78.0 Å². The molecule has 3 aliphatic carbocycles. The van der Waals surface area contributed by atoms with Gasteiger partial charge in [0.05, 0.1) is 52.8 Å². The molecule has 6 unspecified atom stereocenters. The molecule has 5 N–H and O–H groups in total. The van der Waals surface area contributed by atoms with Crippen LogP contribution in [-0.2, 0) is 37.5 Å². The lowest BCUT2D eigenvalue weighted by atomic mass is 9.75. The van der Waals surface area contributed by atoms with Crippen molar-refractivity contribution in [3.63, 3.8) is 0 Å². The van der Waals surface area contributed by atoms with Crippen molar-refractivity contribution in [1.29, 1.82) is 5.26 Å². The number of ether oxygens (including phenoxy) is 11. The topological polar surface area (TPSA) is 463 Å². The van der Waals surface area contributed by atoms with Crippen LogP contribution >= 0.6 is 12.0 Å². The monoisotopic (exact) mass is 2050 g/mol. The second kappa shape index (κ2) is 47.5. The predicted molar refractivity (Wildman–Crippen MR) is 544 cm³/mol. The number of aromatic amines is 4. The standard InChI is InChI=1S/C29H34N6O6.C27H31N5O5.C27H34N4O7S.C22H25N5O4/c1-16-13-17(2)24(18(3)14-16)40-28(37)22-23(30-5)27(41-29(38)34-9-11-39-12-10-34)35-26(22)32-25(33-35)20-7-6-8-21(15-20)31-19(4)36;1-16-13-17(2)22(18(3)14-16)36-26(33)21-20(15-28)24-29-23(19-7-5-4-6-8-19)30-32(24)25(21)37-27(34)31-9-11-35-12-10-31;1-16-14-17(2)21(18(3)15-16)35-26(32)20-22(37-38-39-4)25(36-27(33)30-10-12-34-13-11-30)31-24(20)28-23(29-31)19-8-6-5-7-9-19;1-8-26(9-2)22(29)31-20-17(23-7)16(19-24-15(6)25-27(19)20)21(28)30-18-13(4)10-12(3)11-14(18)5/h6-8,15-18,24H,9-14H2,1-4H3,(H,31,36)(H,32,33);4-8,16-18,22H,9-14H2,1-3H3,(H,29,30);5-9,16-18,21H,10-15H2,1-4H3,(H,28,29);10-11H,8-9H2,1-6H3,(H,24,25). The Morgan fingerprint density at radius 1 is 0.459 bits per heavy atom. The number of nitrogens with one attached hydrogen (secondary N) is 5. The average Bonchev–Trinajstić information content (AvgIpc) is 1.46. The van der Waals surface area contributed by atoms with Crippen molar-refractivity contribution < 1.29 is 104 Å². The summed E-state index contributed by atoms with van der Waals surface area (Å²) in [7, 11) is 0. The number of amides is 5. The molecule has 8 aromatic heterocycles. The first kappa shape index (κ1) is 107. The van der Waals surface area contributed by atoms with E-state index in [0.717, 1.165) is 78.4 Å². The highest BCUT2D eigenvalue weighted by Crippen LogP contribution is 2.47. The highest BCUT2D eigenvalue weighted by atomic mass is 32.2. The van der Waals surface area contributed by atoms with E-state index in [9.17, 15) is 48.4 Å². The molecule has 6 fully saturated rings. The Balaban J connectivity index is 0.000000148. The van der Waals surface area contributed by atoms with Crippen molar-refractivity contribution in [3.8, 4) is 75.3 Å². The van der Waals surface area contributed by atoms with Crippen LogP contribution in [0.2, 0.25) is 0 Å². The Hall–Kier alpha value is -15.2. The smallest absolute Gasteiger partial charge is 0.416 e. The maximum absolute atomic E-state index is 13.8. The van der Waals surface area contributed by atoms with E-state index in [1.807, 2.05) is 107 Å². The van der Waals surface area contributed by atoms with Crippen LogP contribution in [0.15, 0.2) is 97.1 Å². The number of rotatable bonds is 21. The van der Waals surface area contributed by atoms with Crippen LogP contribution in [0.25, 0.3) is 66.4 Å². The fourth-order valence-corrected chi connectivity index (χ4v) is 20.9. The molecule has 0 bridgehead atoms. The molecule has 3 saturated carbocycles. The van der Waals surface area contributed by atoms with Crippen molar-refractivity contribution in [2.45, 2.75) is 168 Å². The summed E-state index contributed by atoms with van der Waals surface area (Å²) in [5, 5.41) is 25.0. The van der Waals surface area contributed by atoms with Gasteiger partial charge in [0.15, 0.2) is 45.6 Å². The highest BCUT2D eigenvalue weighted by molar-refractivity contribution is 7.93. The summed E-state index contributed by atoms with van der Waals surface area (Å²) < 4.78 is 73.3. The van der Waals surface area contributed by atoms with E-state index in [-0.39, 0.29) is 151 Å². The molecule has 43 heteroatoms. The molecular weight excluding hydrogens is 1930 g/mol. The lowest BCUT2D eigenvalue weighted by Crippen LogP contribution is -2.42. The van der Waals surface area contributed by atoms with Gasteiger partial charge >= 0.3 is 48.3 Å². The lowest BCUT2D eigenvalue weighted by Gasteiger charge is -2.37. The number of nitrogens with zero attached hydrogens (tertiary/aromatic N) is 15. The largest absolute Gasteiger partial charge is 0.459 e. The molecular formula is C105H124N20O22S. The van der Waals surface area contributed by atoms with Crippen LogP contribution in [0.4, 0.5) is 36.2 Å². The first-order chi connectivity index (χ1) is 71.1. The molecule has 0 radical (unpaired) electrons. The molecule has 6 aliphatic rings. The summed E-state index contributed by atoms with van der Waals surface area (Å²) in [4.78, 5) is 154. The number of fused-ring (bicyclic) bond motifs is 4. The summed E-state index contributed by atoms with van der Waals surface area (Å²) in [5.41, 5.74) is 5.57. The van der Waals surface area contributed by atoms with Crippen LogP contribution in [0.1, 0.15) is 191 Å². The SMILES string of the molecule is CC1CC(C)C(OC(=O)c2c(C#N)c3nc(-c4ccccc4)[nH]n3c2OC(=O)N2CCOCC2)C(C)C1.CSOOc1c(C(=O)OC2C(C)CC(C)CC2C)c2nc(-c3ccccc3)[nH]n2c1OC(=O)N1CCOCC1.[C-]#[N+]c1c(C(=O)OC2C(C)CC(C)CC2C)c2nc(-c3cccc(NC(C)=O)c3)[nH]n2c1OC(=O)N1CCOCC1.[C-]#[N+]c1c(C(=O)Oc2c(C)cc(C)cc2C)c2nc(C)[nH]n2c1OC(=O)N(CC)CC. The number of aryl methyl sites for hydroxylation is 4. The van der Waals surface area contributed by atoms with E-state index < -0.39 is 48.3 Å². The van der Waals surface area contributed by atoms with Gasteiger partial charge in [-0.25, -0.2) is 81.5 Å². The molecule has 4 aromatic carbocycles. The number of nitriles is 1. The Morgan fingerprint density at radius 2 is 0.838 bits per heavy atom. The number of carbonyl (C=O) groups is 9. The van der Waals surface area contributed by atoms with Crippen LogP contribution < -0.4 is 33.9 Å². The van der Waals surface area contributed by atoms with E-state index >= 15 is 0 Å². The number of H-pyrrole nitrogens is 4. The second-order valence-corrected chi connectivity index (χ2v) is 39.2. The van der Waals surface area contributed by atoms with Gasteiger partial charge in [0.1, 0.15) is 58.2 Å². The van der Waals surface area contributed by atoms with Gasteiger partial charge in [-0.15, -0.1) is 4.33 Å². The fourth-order valence-electron chi connectivity index (χ4n) is 20.7. The molecule has 42 nitrogen and oxygen atoms in total. The van der Waals surface area contributed by atoms with Crippen LogP contribution in [0.5, 0.6) is 35.0 Å². The Labute approximate surface area is 859 Å². The normalized spacial score (nSPS) is 20.7. The van der Waals surface area contributed by atoms with E-state index in [1.54, 1.807) is 37.4 Å². The molecule has 782 valence electrons. The zero-order valence-electron chi connectivity index (χ0n) is 85.9. The number of aromatic nitrogens is 12. The van der Waals surface area contributed by atoms with E-state index in [0.29, 0.717) is 150 Å². The van der Waals surface area contributed by atoms with Crippen molar-refractivity contribution in [2.75, 3.05) is 104 Å². The zero-order chi connectivity index (χ0) is 106. The van der Waals surface area contributed by atoms with Crippen molar-refractivity contribution in [2.24, 2.45) is 53.3 Å². The van der Waals surface area contributed by atoms with E-state index in [1.165, 1.54) is 44.6 Å². The van der Waals surface area contributed by atoms with Gasteiger partial charge in [-0.3, -0.25) is 25.2 Å². The third-order valence-electron chi connectivity index (χ3n) is 27.2. The number of anilines is 1. The molecule has 3 saturated heterocycles. The number of esters is 4. The summed E-state index contributed by atoms with van der Waals surface area (Å²) in [6.45, 7) is 52.5. The third kappa shape index (κ3) is 23.7. The molecule has 0 spiro atoms. The van der Waals surface area contributed by atoms with Gasteiger partial charge in [0, 0.05) is 100.0 Å². The minimum absolute atomic E-state index is 0.00214. The van der Waals surface area contributed by atoms with Crippen LogP contribution in [-0.4, -0.2) is 249 Å². The van der Waals surface area contributed by atoms with Gasteiger partial charge in [-0.1, -0.05) is 153 Å². The van der Waals surface area contributed by atoms with Crippen molar-refractivity contribution in [3.05, 3.63) is 170 Å². The van der Waals surface area contributed by atoms with E-state index in [2.05, 4.69) is 119 Å². The van der Waals surface area contributed by atoms with Crippen LogP contribution in [0, 0.1) is 105 Å². The molecule has 148 heavy (non-hydrogen) atoms. The summed E-state index contributed by atoms with van der Waals surface area (Å²) in [6.07, 6.45) is 3.95. The maximum Gasteiger partial charge on any atom is 0.416 e. The quantitative estimate of drug-likeness (QED) is 0.00848. The zero-order valence-corrected chi connectivity index (χ0v) is 86.7. The second-order valence-electron chi connectivity index (χ2n) is 38.7. The lowest BCUT2D eigenvalue weighted by molar-refractivity contribution is -0.114. The molecule has 12 aromatic rings. The predicted octanol–water partition coefficient (Wildman–Crippen LogP) is 18.6. The first-order valence-electron chi connectivity index (χ1n) is 49.7. The minimum atomic E-state index is -0.741. The van der Waals surface area contributed by atoms with Gasteiger partial charge in [0.25, 0.3) is 17.3 Å². The Kier molecular flexibility index (Phi) is 34.4. The summed E-state index contributed by atoms with van der Waals surface area (Å²) >= 11 is 0.940. The molecule has 5 amide bonds. The Bertz CT molecular complexity index is 6950. The summed E-state index contributed by atoms with van der Waals surface area (Å²) in [5.74, 6) is 1.42. The number of hydrogen-bond donors (Lipinski definition) is 5. The number of morpholine rings is 3. The first-order valence-corrected chi connectivity index (χ1v) is 50.8. The van der Waals surface area contributed by atoms with Gasteiger partial charge in [-0.05, 0) is 157 Å². The molecule has 18 rings (SSSR count). The minimum Gasteiger partial charge on any atom is -0.459 e. The van der Waals surface area contributed by atoms with Gasteiger partial charge in [-0.2, -0.15) is 9.78 Å². The molecule has 6 atom stereocenters.